The number of carbonyl (C=O) groups is 1. The highest BCUT2D eigenvalue weighted by atomic mass is 79.9. The van der Waals surface area contributed by atoms with Crippen LogP contribution in [-0.2, 0) is 6.42 Å². The number of methoxy groups -OCH3 is 1. The summed E-state index contributed by atoms with van der Waals surface area (Å²) in [7, 11) is 1.60. The van der Waals surface area contributed by atoms with E-state index in [1.165, 1.54) is 0 Å². The Bertz CT molecular complexity index is 715. The number of ether oxygens (including phenoxy) is 1. The Morgan fingerprint density at radius 2 is 2.10 bits per heavy atom. The minimum atomic E-state index is -0.0253. The summed E-state index contributed by atoms with van der Waals surface area (Å²) in [5.74, 6) is 0.681. The van der Waals surface area contributed by atoms with Crippen LogP contribution >= 0.6 is 15.9 Å². The summed E-state index contributed by atoms with van der Waals surface area (Å²) >= 11 is 3.41. The van der Waals surface area contributed by atoms with E-state index in [9.17, 15) is 4.79 Å². The summed E-state index contributed by atoms with van der Waals surface area (Å²) < 4.78 is 5.96. The van der Waals surface area contributed by atoms with Crippen molar-refractivity contribution in [3.05, 3.63) is 52.0 Å². The molecule has 2 N–H and O–H groups in total. The van der Waals surface area contributed by atoms with Gasteiger partial charge in [-0.1, -0.05) is 6.07 Å². The fourth-order valence-corrected chi connectivity index (χ4v) is 3.10. The molecular formula is C16H15BrN2O2. The van der Waals surface area contributed by atoms with Crippen molar-refractivity contribution in [1.29, 1.82) is 0 Å². The molecule has 1 aliphatic heterocycles. The first-order chi connectivity index (χ1) is 10.1. The lowest BCUT2D eigenvalue weighted by atomic mass is 10.1. The molecule has 0 aliphatic carbocycles. The van der Waals surface area contributed by atoms with Crippen LogP contribution in [0.1, 0.15) is 15.9 Å². The van der Waals surface area contributed by atoms with Crippen LogP contribution in [-0.4, -0.2) is 19.6 Å². The van der Waals surface area contributed by atoms with Crippen molar-refractivity contribution < 1.29 is 9.53 Å². The normalized spacial score (nSPS) is 13.1. The summed E-state index contributed by atoms with van der Waals surface area (Å²) in [6, 6.07) is 11.1. The van der Waals surface area contributed by atoms with Gasteiger partial charge in [-0.3, -0.25) is 4.79 Å². The predicted molar refractivity (Wildman–Crippen MR) is 86.9 cm³/mol. The number of nitrogen functional groups attached to an aromatic ring is 1. The van der Waals surface area contributed by atoms with Gasteiger partial charge in [-0.2, -0.15) is 0 Å². The van der Waals surface area contributed by atoms with Crippen molar-refractivity contribution in [3.63, 3.8) is 0 Å². The fraction of sp³-hybridized carbons (Fsp3) is 0.188. The van der Waals surface area contributed by atoms with Gasteiger partial charge < -0.3 is 15.4 Å². The van der Waals surface area contributed by atoms with Gasteiger partial charge in [0.2, 0.25) is 0 Å². The van der Waals surface area contributed by atoms with Crippen molar-refractivity contribution in [2.45, 2.75) is 6.42 Å². The second-order valence-corrected chi connectivity index (χ2v) is 5.80. The number of nitrogens with two attached hydrogens (primary N) is 1. The SMILES string of the molecule is COc1ccc(C(=O)N2CCc3ccc(N)cc32)cc1Br. The van der Waals surface area contributed by atoms with Gasteiger partial charge in [0.1, 0.15) is 5.75 Å². The van der Waals surface area contributed by atoms with Gasteiger partial charge in [0, 0.05) is 23.5 Å². The number of nitrogens with zero attached hydrogens (tertiary/aromatic N) is 1. The Morgan fingerprint density at radius 1 is 1.29 bits per heavy atom. The zero-order valence-electron chi connectivity index (χ0n) is 11.6. The van der Waals surface area contributed by atoms with Crippen LogP contribution in [0.25, 0.3) is 0 Å². The lowest BCUT2D eigenvalue weighted by Crippen LogP contribution is -2.28. The molecule has 1 aliphatic rings. The van der Waals surface area contributed by atoms with Gasteiger partial charge in [-0.05, 0) is 58.2 Å². The lowest BCUT2D eigenvalue weighted by molar-refractivity contribution is 0.0989. The number of amides is 1. The van der Waals surface area contributed by atoms with Gasteiger partial charge in [0.25, 0.3) is 5.91 Å². The molecule has 3 rings (SSSR count). The number of benzene rings is 2. The van der Waals surface area contributed by atoms with Crippen molar-refractivity contribution >= 4 is 33.2 Å². The van der Waals surface area contributed by atoms with E-state index in [1.54, 1.807) is 30.2 Å². The maximum absolute atomic E-state index is 12.7. The van der Waals surface area contributed by atoms with E-state index in [-0.39, 0.29) is 5.91 Å². The molecule has 5 heteroatoms. The minimum Gasteiger partial charge on any atom is -0.496 e. The topological polar surface area (TPSA) is 55.6 Å². The molecule has 1 heterocycles. The van der Waals surface area contributed by atoms with Gasteiger partial charge in [-0.25, -0.2) is 0 Å². The van der Waals surface area contributed by atoms with Crippen LogP contribution in [0.4, 0.5) is 11.4 Å². The summed E-state index contributed by atoms with van der Waals surface area (Å²) in [4.78, 5) is 14.5. The van der Waals surface area contributed by atoms with Crippen LogP contribution in [0.15, 0.2) is 40.9 Å². The van der Waals surface area contributed by atoms with Crippen LogP contribution < -0.4 is 15.4 Å². The Balaban J connectivity index is 1.94. The van der Waals surface area contributed by atoms with Crippen molar-refractivity contribution in [3.8, 4) is 5.75 Å². The zero-order chi connectivity index (χ0) is 15.0. The van der Waals surface area contributed by atoms with Crippen molar-refractivity contribution in [1.82, 2.24) is 0 Å². The molecule has 108 valence electrons. The summed E-state index contributed by atoms with van der Waals surface area (Å²) in [5, 5.41) is 0. The number of fused-ring (bicyclic) bond motifs is 1. The number of hydrogen-bond donors (Lipinski definition) is 1. The Labute approximate surface area is 131 Å². The molecule has 2 aromatic carbocycles. The highest BCUT2D eigenvalue weighted by Crippen LogP contribution is 2.32. The highest BCUT2D eigenvalue weighted by molar-refractivity contribution is 9.10. The van der Waals surface area contributed by atoms with E-state index in [0.29, 0.717) is 23.5 Å². The van der Waals surface area contributed by atoms with E-state index < -0.39 is 0 Å². The molecule has 0 bridgehead atoms. The molecule has 0 fully saturated rings. The minimum absolute atomic E-state index is 0.0253. The number of anilines is 2. The third-order valence-corrected chi connectivity index (χ3v) is 4.27. The molecular weight excluding hydrogens is 332 g/mol. The van der Waals surface area contributed by atoms with Crippen LogP contribution in [0.3, 0.4) is 0 Å². The van der Waals surface area contributed by atoms with E-state index in [2.05, 4.69) is 15.9 Å². The predicted octanol–water partition coefficient (Wildman–Crippen LogP) is 3.24. The average Bonchev–Trinajstić information content (AvgIpc) is 2.89. The Morgan fingerprint density at radius 3 is 2.81 bits per heavy atom. The molecule has 0 saturated heterocycles. The summed E-state index contributed by atoms with van der Waals surface area (Å²) in [6.45, 7) is 0.682. The van der Waals surface area contributed by atoms with E-state index in [1.807, 2.05) is 18.2 Å². The molecule has 0 unspecified atom stereocenters. The molecule has 0 aromatic heterocycles. The smallest absolute Gasteiger partial charge is 0.258 e. The number of rotatable bonds is 2. The fourth-order valence-electron chi connectivity index (χ4n) is 2.56. The second kappa shape index (κ2) is 5.41. The molecule has 21 heavy (non-hydrogen) atoms. The maximum atomic E-state index is 12.7. The third-order valence-electron chi connectivity index (χ3n) is 3.65. The van der Waals surface area contributed by atoms with Gasteiger partial charge in [0.15, 0.2) is 0 Å². The van der Waals surface area contributed by atoms with Crippen LogP contribution in [0.5, 0.6) is 5.75 Å². The molecule has 1 amide bonds. The van der Waals surface area contributed by atoms with Crippen molar-refractivity contribution in [2.75, 3.05) is 24.3 Å². The first-order valence-corrected chi connectivity index (χ1v) is 7.43. The first kappa shape index (κ1) is 13.9. The monoisotopic (exact) mass is 346 g/mol. The van der Waals surface area contributed by atoms with Gasteiger partial charge >= 0.3 is 0 Å². The highest BCUT2D eigenvalue weighted by Gasteiger charge is 2.26. The molecule has 0 spiro atoms. The van der Waals surface area contributed by atoms with Gasteiger partial charge in [-0.15, -0.1) is 0 Å². The Kier molecular flexibility index (Phi) is 3.59. The third kappa shape index (κ3) is 2.49. The molecule has 4 nitrogen and oxygen atoms in total. The second-order valence-electron chi connectivity index (χ2n) is 4.94. The van der Waals surface area contributed by atoms with E-state index in [0.717, 1.165) is 22.1 Å². The van der Waals surface area contributed by atoms with Crippen molar-refractivity contribution in [2.24, 2.45) is 0 Å². The maximum Gasteiger partial charge on any atom is 0.258 e. The van der Waals surface area contributed by atoms with Crippen LogP contribution in [0, 0.1) is 0 Å². The number of halogens is 1. The van der Waals surface area contributed by atoms with Crippen LogP contribution in [0.2, 0.25) is 0 Å². The number of hydrogen-bond acceptors (Lipinski definition) is 3. The largest absolute Gasteiger partial charge is 0.496 e. The molecule has 0 atom stereocenters. The van der Waals surface area contributed by atoms with Gasteiger partial charge in [0.05, 0.1) is 11.6 Å². The van der Waals surface area contributed by atoms with E-state index in [4.69, 9.17) is 10.5 Å². The molecule has 0 saturated carbocycles. The average molecular weight is 347 g/mol. The summed E-state index contributed by atoms with van der Waals surface area (Å²) in [5.41, 5.74) is 9.19. The first-order valence-electron chi connectivity index (χ1n) is 6.64. The number of carbonyl (C=O) groups excluding carboxylic acids is 1. The molecule has 2 aromatic rings. The standard InChI is InChI=1S/C16H15BrN2O2/c1-21-15-5-3-11(8-13(15)17)16(20)19-7-6-10-2-4-12(18)9-14(10)19/h2-5,8-9H,6-7,18H2,1H3. The lowest BCUT2D eigenvalue weighted by Gasteiger charge is -2.18. The summed E-state index contributed by atoms with van der Waals surface area (Å²) in [6.07, 6.45) is 0.860. The zero-order valence-corrected chi connectivity index (χ0v) is 13.2. The quantitative estimate of drug-likeness (QED) is 0.849. The Hall–Kier alpha value is -2.01. The molecule has 0 radical (unpaired) electrons. The van der Waals surface area contributed by atoms with E-state index >= 15 is 0 Å².